The predicted molar refractivity (Wildman–Crippen MR) is 131 cm³/mol. The van der Waals surface area contributed by atoms with Gasteiger partial charge in [-0.1, -0.05) is 42.5 Å². The molecule has 1 heterocycles. The van der Waals surface area contributed by atoms with Gasteiger partial charge in [-0.05, 0) is 48.9 Å². The van der Waals surface area contributed by atoms with Crippen LogP contribution < -0.4 is 4.74 Å². The number of carboxylic acids is 1. The van der Waals surface area contributed by atoms with Gasteiger partial charge in [0, 0.05) is 47.8 Å². The summed E-state index contributed by atoms with van der Waals surface area (Å²) in [4.78, 5) is 39.8. The van der Waals surface area contributed by atoms with Crippen LogP contribution in [0.5, 0.6) is 5.75 Å². The summed E-state index contributed by atoms with van der Waals surface area (Å²) in [5, 5.41) is 9.31. The Morgan fingerprint density at radius 1 is 0.857 bits per heavy atom. The van der Waals surface area contributed by atoms with E-state index in [4.69, 9.17) is 4.74 Å². The zero-order chi connectivity index (χ0) is 24.4. The van der Waals surface area contributed by atoms with Gasteiger partial charge in [-0.25, -0.2) is 0 Å². The number of carbonyl (C=O) groups excluding carboxylic acids is 2. The number of ketones is 2. The Labute approximate surface area is 204 Å². The second-order valence-corrected chi connectivity index (χ2v) is 9.35. The smallest absolute Gasteiger partial charge is 0.305 e. The van der Waals surface area contributed by atoms with Gasteiger partial charge in [0.25, 0.3) is 0 Å². The molecule has 5 rings (SSSR count). The number of carboxylic acid groups (broad SMARTS) is 1. The fourth-order valence-corrected chi connectivity index (χ4v) is 5.52. The number of allylic oxidation sites excluding steroid dienone is 4. The van der Waals surface area contributed by atoms with Crippen molar-refractivity contribution in [3.8, 4) is 5.75 Å². The van der Waals surface area contributed by atoms with Crippen LogP contribution in [0.3, 0.4) is 0 Å². The molecule has 0 saturated heterocycles. The molecule has 35 heavy (non-hydrogen) atoms. The summed E-state index contributed by atoms with van der Waals surface area (Å²) in [6.45, 7) is 0.746. The van der Waals surface area contributed by atoms with E-state index in [-0.39, 0.29) is 24.5 Å². The van der Waals surface area contributed by atoms with Gasteiger partial charge in [0.15, 0.2) is 11.6 Å². The Balaban J connectivity index is 1.50. The van der Waals surface area contributed by atoms with Crippen LogP contribution in [0.2, 0.25) is 0 Å². The van der Waals surface area contributed by atoms with E-state index in [9.17, 15) is 19.5 Å². The topological polar surface area (TPSA) is 83.9 Å². The maximum absolute atomic E-state index is 13.2. The third-order valence-electron chi connectivity index (χ3n) is 7.10. The van der Waals surface area contributed by atoms with Gasteiger partial charge in [-0.15, -0.1) is 0 Å². The minimum Gasteiger partial charge on any atom is -0.489 e. The highest BCUT2D eigenvalue weighted by molar-refractivity contribution is 6.06. The number of hydrogen-bond acceptors (Lipinski definition) is 5. The molecule has 0 saturated carbocycles. The van der Waals surface area contributed by atoms with E-state index in [1.165, 1.54) is 0 Å². The van der Waals surface area contributed by atoms with Gasteiger partial charge >= 0.3 is 5.97 Å². The second-order valence-electron chi connectivity index (χ2n) is 9.35. The summed E-state index contributed by atoms with van der Waals surface area (Å²) in [6, 6.07) is 17.7. The lowest BCUT2D eigenvalue weighted by atomic mass is 9.71. The van der Waals surface area contributed by atoms with Crippen LogP contribution in [0.15, 0.2) is 77.1 Å². The summed E-state index contributed by atoms with van der Waals surface area (Å²) < 4.78 is 5.94. The van der Waals surface area contributed by atoms with Gasteiger partial charge < -0.3 is 14.7 Å². The molecule has 0 bridgehead atoms. The van der Waals surface area contributed by atoms with Gasteiger partial charge in [0.1, 0.15) is 12.4 Å². The van der Waals surface area contributed by atoms with Crippen LogP contribution >= 0.6 is 0 Å². The van der Waals surface area contributed by atoms with Crippen molar-refractivity contribution in [2.24, 2.45) is 0 Å². The molecule has 0 unspecified atom stereocenters. The molecule has 1 N–H and O–H groups in total. The van der Waals surface area contributed by atoms with Crippen LogP contribution in [0, 0.1) is 0 Å². The quantitative estimate of drug-likeness (QED) is 0.601. The average molecular weight is 472 g/mol. The fraction of sp³-hybridized carbons (Fsp3) is 0.345. The lowest BCUT2D eigenvalue weighted by molar-refractivity contribution is -0.137. The summed E-state index contributed by atoms with van der Waals surface area (Å²) >= 11 is 0. The SMILES string of the molecule is O=C(O)CCN1C2=C(C(=O)CCC2)C(c2ccc(OCc3ccccc3)cc2)C2=C1CCCC2=O. The first-order valence-electron chi connectivity index (χ1n) is 12.3. The molecule has 0 spiro atoms. The van der Waals surface area contributed by atoms with E-state index in [0.717, 1.165) is 54.0 Å². The average Bonchev–Trinajstić information content (AvgIpc) is 2.87. The Bertz CT molecular complexity index is 1170. The molecule has 0 fully saturated rings. The van der Waals surface area contributed by atoms with Crippen molar-refractivity contribution in [2.45, 2.75) is 57.5 Å². The number of rotatable bonds is 7. The largest absolute Gasteiger partial charge is 0.489 e. The first-order valence-corrected chi connectivity index (χ1v) is 12.3. The molecule has 2 aliphatic carbocycles. The third kappa shape index (κ3) is 4.65. The highest BCUT2D eigenvalue weighted by atomic mass is 16.5. The molecule has 0 aromatic heterocycles. The van der Waals surface area contributed by atoms with Crippen molar-refractivity contribution in [3.05, 3.63) is 88.3 Å². The summed E-state index contributed by atoms with van der Waals surface area (Å²) in [5.41, 5.74) is 5.15. The number of carbonyl (C=O) groups is 3. The summed E-state index contributed by atoms with van der Waals surface area (Å²) in [5.74, 6) is -0.432. The fourth-order valence-electron chi connectivity index (χ4n) is 5.52. The number of benzene rings is 2. The van der Waals surface area contributed by atoms with E-state index >= 15 is 0 Å². The first-order chi connectivity index (χ1) is 17.0. The molecule has 2 aromatic carbocycles. The summed E-state index contributed by atoms with van der Waals surface area (Å²) in [7, 11) is 0. The molecule has 6 heteroatoms. The number of nitrogens with zero attached hydrogens (tertiary/aromatic N) is 1. The molecule has 0 atom stereocenters. The minimum atomic E-state index is -0.883. The monoisotopic (exact) mass is 471 g/mol. The van der Waals surface area contributed by atoms with Crippen molar-refractivity contribution in [3.63, 3.8) is 0 Å². The van der Waals surface area contributed by atoms with Crippen molar-refractivity contribution < 1.29 is 24.2 Å². The van der Waals surface area contributed by atoms with Crippen molar-refractivity contribution in [2.75, 3.05) is 6.54 Å². The highest BCUT2D eigenvalue weighted by Crippen LogP contribution is 2.49. The molecule has 0 amide bonds. The molecule has 6 nitrogen and oxygen atoms in total. The first kappa shape index (κ1) is 23.1. The minimum absolute atomic E-state index is 0.0337. The maximum Gasteiger partial charge on any atom is 0.305 e. The van der Waals surface area contributed by atoms with Crippen LogP contribution in [-0.4, -0.2) is 34.1 Å². The van der Waals surface area contributed by atoms with Crippen LogP contribution in [0.4, 0.5) is 0 Å². The van der Waals surface area contributed by atoms with Gasteiger partial charge in [0.05, 0.1) is 6.42 Å². The van der Waals surface area contributed by atoms with Crippen LogP contribution in [-0.2, 0) is 21.0 Å². The van der Waals surface area contributed by atoms with Gasteiger partial charge in [0.2, 0.25) is 0 Å². The molecule has 0 radical (unpaired) electrons. The van der Waals surface area contributed by atoms with Crippen LogP contribution in [0.25, 0.3) is 0 Å². The number of hydrogen-bond donors (Lipinski definition) is 1. The van der Waals surface area contributed by atoms with E-state index in [0.29, 0.717) is 30.6 Å². The van der Waals surface area contributed by atoms with Crippen molar-refractivity contribution in [1.29, 1.82) is 0 Å². The maximum atomic E-state index is 13.2. The molecular weight excluding hydrogens is 442 g/mol. The number of aliphatic carboxylic acids is 1. The van der Waals surface area contributed by atoms with Gasteiger partial charge in [-0.2, -0.15) is 0 Å². The Morgan fingerprint density at radius 2 is 1.46 bits per heavy atom. The number of Topliss-reactive ketones (excluding diaryl/α,β-unsaturated/α-hetero) is 2. The Kier molecular flexibility index (Phi) is 6.53. The second kappa shape index (κ2) is 9.90. The predicted octanol–water partition coefficient (Wildman–Crippen LogP) is 5.15. The van der Waals surface area contributed by atoms with E-state index < -0.39 is 11.9 Å². The molecular formula is C29H29NO5. The molecule has 180 valence electrons. The normalized spacial score (nSPS) is 18.5. The zero-order valence-corrected chi connectivity index (χ0v) is 19.7. The van der Waals surface area contributed by atoms with E-state index in [1.54, 1.807) is 0 Å². The van der Waals surface area contributed by atoms with Crippen LogP contribution in [0.1, 0.15) is 62.0 Å². The lowest BCUT2D eigenvalue weighted by Crippen LogP contribution is -2.39. The molecule has 3 aliphatic rings. The van der Waals surface area contributed by atoms with Crippen molar-refractivity contribution >= 4 is 17.5 Å². The Morgan fingerprint density at radius 3 is 2.03 bits per heavy atom. The van der Waals surface area contributed by atoms with E-state index in [2.05, 4.69) is 0 Å². The van der Waals surface area contributed by atoms with E-state index in [1.807, 2.05) is 59.5 Å². The third-order valence-corrected chi connectivity index (χ3v) is 7.10. The van der Waals surface area contributed by atoms with Gasteiger partial charge in [-0.3, -0.25) is 14.4 Å². The summed E-state index contributed by atoms with van der Waals surface area (Å²) in [6.07, 6.45) is 3.82. The van der Waals surface area contributed by atoms with Crippen molar-refractivity contribution in [1.82, 2.24) is 4.90 Å². The molecule has 2 aromatic rings. The molecule has 1 aliphatic heterocycles. The highest BCUT2D eigenvalue weighted by Gasteiger charge is 2.43. The zero-order valence-electron chi connectivity index (χ0n) is 19.7. The Hall–Kier alpha value is -3.67. The lowest BCUT2D eigenvalue weighted by Gasteiger charge is -2.44. The number of ether oxygens (including phenoxy) is 1. The standard InChI is InChI=1S/C29H29NO5/c31-24-10-4-8-22-28(24)27(29-23(9-5-11-25(29)32)30(22)17-16-26(33)34)20-12-14-21(15-13-20)35-18-19-6-2-1-3-7-19/h1-3,6-7,12-15,27H,4-5,8-11,16-18H2,(H,33,34).